The first-order valence-corrected chi connectivity index (χ1v) is 7.25. The fourth-order valence-electron chi connectivity index (χ4n) is 3.37. The second-order valence-electron chi connectivity index (χ2n) is 5.56. The summed E-state index contributed by atoms with van der Waals surface area (Å²) < 4.78 is 11.5. The molecule has 0 spiro atoms. The quantitative estimate of drug-likeness (QED) is 0.614. The number of isocyanates is 1. The third-order valence-corrected chi connectivity index (χ3v) is 4.35. The lowest BCUT2D eigenvalue weighted by atomic mass is 9.85. The highest BCUT2D eigenvalue weighted by molar-refractivity contribution is 5.53. The Balaban J connectivity index is 2.10. The molecule has 1 aromatic rings. The molecule has 1 aliphatic heterocycles. The number of rotatable bonds is 2. The zero-order chi connectivity index (χ0) is 14.0. The highest BCUT2D eigenvalue weighted by atomic mass is 16.5. The Morgan fingerprint density at radius 2 is 1.90 bits per heavy atom. The van der Waals surface area contributed by atoms with Crippen LogP contribution in [0.4, 0.5) is 0 Å². The largest absolute Gasteiger partial charge is 0.490 e. The zero-order valence-corrected chi connectivity index (χ0v) is 11.8. The summed E-state index contributed by atoms with van der Waals surface area (Å²) in [6.45, 7) is 3.38. The van der Waals surface area contributed by atoms with E-state index in [1.807, 2.05) is 19.1 Å². The van der Waals surface area contributed by atoms with Gasteiger partial charge in [-0.25, -0.2) is 4.79 Å². The maximum atomic E-state index is 10.8. The van der Waals surface area contributed by atoms with Crippen molar-refractivity contribution in [2.75, 3.05) is 13.2 Å². The summed E-state index contributed by atoms with van der Waals surface area (Å²) in [5, 5.41) is 0. The number of nitrogens with zero attached hydrogens (tertiary/aromatic N) is 1. The van der Waals surface area contributed by atoms with Crippen LogP contribution in [0.5, 0.6) is 11.5 Å². The van der Waals surface area contributed by atoms with Gasteiger partial charge in [0.25, 0.3) is 0 Å². The molecule has 0 bridgehead atoms. The van der Waals surface area contributed by atoms with Gasteiger partial charge in [0.15, 0.2) is 11.5 Å². The van der Waals surface area contributed by atoms with E-state index < -0.39 is 5.54 Å². The topological polar surface area (TPSA) is 47.9 Å². The number of fused-ring (bicyclic) bond motifs is 1. The van der Waals surface area contributed by atoms with E-state index >= 15 is 0 Å². The van der Waals surface area contributed by atoms with Gasteiger partial charge in [0.2, 0.25) is 6.08 Å². The molecule has 0 radical (unpaired) electrons. The van der Waals surface area contributed by atoms with Crippen molar-refractivity contribution in [3.05, 3.63) is 23.3 Å². The molecule has 1 heterocycles. The Kier molecular flexibility index (Phi) is 3.49. The van der Waals surface area contributed by atoms with E-state index in [1.54, 1.807) is 6.08 Å². The van der Waals surface area contributed by atoms with Crippen molar-refractivity contribution in [2.45, 2.75) is 44.6 Å². The van der Waals surface area contributed by atoms with E-state index in [0.29, 0.717) is 13.2 Å². The predicted octanol–water partition coefficient (Wildman–Crippen LogP) is 3.26. The highest BCUT2D eigenvalue weighted by Crippen LogP contribution is 2.47. The van der Waals surface area contributed by atoms with E-state index in [9.17, 15) is 4.79 Å². The van der Waals surface area contributed by atoms with Crippen LogP contribution in [-0.4, -0.2) is 19.3 Å². The predicted molar refractivity (Wildman–Crippen MR) is 75.1 cm³/mol. The lowest BCUT2D eigenvalue weighted by Gasteiger charge is -2.26. The smallest absolute Gasteiger partial charge is 0.235 e. The van der Waals surface area contributed by atoms with Gasteiger partial charge in [0.1, 0.15) is 0 Å². The minimum atomic E-state index is -0.406. The van der Waals surface area contributed by atoms with Crippen molar-refractivity contribution in [3.63, 3.8) is 0 Å². The fraction of sp³-hybridized carbons (Fsp3) is 0.562. The Morgan fingerprint density at radius 3 is 2.65 bits per heavy atom. The molecular formula is C16H19NO3. The van der Waals surface area contributed by atoms with Gasteiger partial charge in [0.05, 0.1) is 18.8 Å². The molecule has 1 aromatic carbocycles. The molecule has 0 N–H and O–H groups in total. The van der Waals surface area contributed by atoms with Crippen molar-refractivity contribution >= 4 is 6.08 Å². The lowest BCUT2D eigenvalue weighted by Crippen LogP contribution is -2.20. The fourth-order valence-corrected chi connectivity index (χ4v) is 3.37. The van der Waals surface area contributed by atoms with E-state index in [2.05, 4.69) is 4.99 Å². The summed E-state index contributed by atoms with van der Waals surface area (Å²) >= 11 is 0. The van der Waals surface area contributed by atoms with Gasteiger partial charge in [0, 0.05) is 12.0 Å². The lowest BCUT2D eigenvalue weighted by molar-refractivity contribution is 0.296. The molecule has 0 atom stereocenters. The van der Waals surface area contributed by atoms with Gasteiger partial charge < -0.3 is 9.47 Å². The molecule has 0 aromatic heterocycles. The van der Waals surface area contributed by atoms with Crippen molar-refractivity contribution in [1.82, 2.24) is 0 Å². The third kappa shape index (κ3) is 2.10. The van der Waals surface area contributed by atoms with Crippen LogP contribution in [0, 0.1) is 6.92 Å². The molecule has 3 rings (SSSR count). The zero-order valence-electron chi connectivity index (χ0n) is 11.8. The number of benzene rings is 1. The second kappa shape index (κ2) is 5.29. The van der Waals surface area contributed by atoms with Crippen LogP contribution in [0.2, 0.25) is 0 Å². The van der Waals surface area contributed by atoms with Crippen LogP contribution in [0.15, 0.2) is 17.1 Å². The molecule has 1 fully saturated rings. The van der Waals surface area contributed by atoms with Gasteiger partial charge in [-0.2, -0.15) is 4.99 Å². The molecular weight excluding hydrogens is 254 g/mol. The molecule has 0 saturated heterocycles. The van der Waals surface area contributed by atoms with Crippen LogP contribution >= 0.6 is 0 Å². The van der Waals surface area contributed by atoms with Crippen LogP contribution in [0.25, 0.3) is 0 Å². The average Bonchev–Trinajstić information content (AvgIpc) is 2.77. The number of carbonyl (C=O) groups excluding carboxylic acids is 1. The summed E-state index contributed by atoms with van der Waals surface area (Å²) in [5.41, 5.74) is 1.73. The summed E-state index contributed by atoms with van der Waals surface area (Å²) in [7, 11) is 0. The molecule has 2 aliphatic rings. The highest BCUT2D eigenvalue weighted by Gasteiger charge is 2.38. The van der Waals surface area contributed by atoms with Gasteiger partial charge in [-0.1, -0.05) is 18.9 Å². The van der Waals surface area contributed by atoms with Crippen molar-refractivity contribution in [1.29, 1.82) is 0 Å². The van der Waals surface area contributed by atoms with Crippen LogP contribution in [0.3, 0.4) is 0 Å². The second-order valence-corrected chi connectivity index (χ2v) is 5.56. The van der Waals surface area contributed by atoms with E-state index in [1.165, 1.54) is 0 Å². The van der Waals surface area contributed by atoms with Crippen molar-refractivity contribution in [3.8, 4) is 11.5 Å². The molecule has 106 valence electrons. The summed E-state index contributed by atoms with van der Waals surface area (Å²) in [4.78, 5) is 15.0. The van der Waals surface area contributed by atoms with E-state index in [-0.39, 0.29) is 0 Å². The number of hydrogen-bond donors (Lipinski definition) is 0. The SMILES string of the molecule is Cc1c(C2(N=C=O)CCCC2)ccc2c1OCCCO2. The van der Waals surface area contributed by atoms with Gasteiger partial charge in [-0.05, 0) is 31.4 Å². The molecule has 0 unspecified atom stereocenters. The van der Waals surface area contributed by atoms with Gasteiger partial charge in [-0.3, -0.25) is 0 Å². The Morgan fingerprint density at radius 1 is 1.15 bits per heavy atom. The Hall–Kier alpha value is -1.80. The maximum absolute atomic E-state index is 10.8. The first-order chi connectivity index (χ1) is 9.77. The summed E-state index contributed by atoms with van der Waals surface area (Å²) in [6.07, 6.45) is 6.67. The minimum absolute atomic E-state index is 0.406. The van der Waals surface area contributed by atoms with Crippen LogP contribution in [0.1, 0.15) is 43.2 Å². The molecule has 4 heteroatoms. The Labute approximate surface area is 118 Å². The standard InChI is InChI=1S/C16H19NO3/c1-12-13(16(17-11-18)7-2-3-8-16)5-6-14-15(12)20-10-4-9-19-14/h5-6H,2-4,7-10H2,1H3. The van der Waals surface area contributed by atoms with Gasteiger partial charge >= 0.3 is 0 Å². The maximum Gasteiger partial charge on any atom is 0.235 e. The van der Waals surface area contributed by atoms with Crippen LogP contribution in [-0.2, 0) is 10.3 Å². The molecule has 20 heavy (non-hydrogen) atoms. The van der Waals surface area contributed by atoms with Crippen LogP contribution < -0.4 is 9.47 Å². The molecule has 1 aliphatic carbocycles. The number of ether oxygens (including phenoxy) is 2. The van der Waals surface area contributed by atoms with Gasteiger partial charge in [-0.15, -0.1) is 0 Å². The third-order valence-electron chi connectivity index (χ3n) is 4.35. The normalized spacial score (nSPS) is 20.1. The Bertz CT molecular complexity index is 555. The summed E-state index contributed by atoms with van der Waals surface area (Å²) in [6, 6.07) is 3.98. The molecule has 0 amide bonds. The van der Waals surface area contributed by atoms with Crippen molar-refractivity contribution in [2.24, 2.45) is 4.99 Å². The number of hydrogen-bond acceptors (Lipinski definition) is 4. The summed E-state index contributed by atoms with van der Waals surface area (Å²) in [5.74, 6) is 1.61. The molecule has 4 nitrogen and oxygen atoms in total. The van der Waals surface area contributed by atoms with E-state index in [4.69, 9.17) is 9.47 Å². The van der Waals surface area contributed by atoms with E-state index in [0.717, 1.165) is 54.7 Å². The number of aliphatic imine (C=N–C) groups is 1. The monoisotopic (exact) mass is 273 g/mol. The average molecular weight is 273 g/mol. The minimum Gasteiger partial charge on any atom is -0.490 e. The first-order valence-electron chi connectivity index (χ1n) is 7.25. The molecule has 1 saturated carbocycles. The first kappa shape index (κ1) is 13.2. The van der Waals surface area contributed by atoms with Crippen molar-refractivity contribution < 1.29 is 14.3 Å².